The molecule has 0 spiro atoms. The minimum atomic E-state index is -0.503. The smallest absolute Gasteiger partial charge is 0.338 e. The quantitative estimate of drug-likeness (QED) is 0.280. The Labute approximate surface area is 234 Å². The zero-order valence-electron chi connectivity index (χ0n) is 23.3. The Morgan fingerprint density at radius 2 is 1.60 bits per heavy atom. The lowest BCUT2D eigenvalue weighted by molar-refractivity contribution is 0.0526. The summed E-state index contributed by atoms with van der Waals surface area (Å²) in [7, 11) is 3.89. The lowest BCUT2D eigenvalue weighted by Gasteiger charge is -2.33. The monoisotopic (exact) mass is 541 g/mol. The van der Waals surface area contributed by atoms with Crippen LogP contribution in [0.1, 0.15) is 42.5 Å². The molecule has 9 heteroatoms. The number of urea groups is 1. The van der Waals surface area contributed by atoms with Crippen LogP contribution < -0.4 is 10.9 Å². The normalized spacial score (nSPS) is 11.8. The van der Waals surface area contributed by atoms with Gasteiger partial charge in [-0.15, -0.1) is 0 Å². The number of hydrogen-bond acceptors (Lipinski definition) is 6. The third-order valence-electron chi connectivity index (χ3n) is 6.57. The molecule has 40 heavy (non-hydrogen) atoms. The first-order valence-corrected chi connectivity index (χ1v) is 13.4. The van der Waals surface area contributed by atoms with Crippen LogP contribution >= 0.6 is 0 Å². The molecule has 0 saturated carbocycles. The molecule has 0 aliphatic carbocycles. The van der Waals surface area contributed by atoms with Gasteiger partial charge in [-0.05, 0) is 76.0 Å². The van der Waals surface area contributed by atoms with Crippen molar-refractivity contribution < 1.29 is 14.3 Å². The molecule has 0 bridgehead atoms. The van der Waals surface area contributed by atoms with Crippen molar-refractivity contribution in [3.63, 3.8) is 0 Å². The van der Waals surface area contributed by atoms with E-state index in [1.54, 1.807) is 46.7 Å². The van der Waals surface area contributed by atoms with Crippen LogP contribution in [0.15, 0.2) is 83.7 Å². The predicted octanol–water partition coefficient (Wildman–Crippen LogP) is 5.11. The highest BCUT2D eigenvalue weighted by Gasteiger charge is 2.29. The van der Waals surface area contributed by atoms with Gasteiger partial charge in [-0.2, -0.15) is 0 Å². The molecule has 9 nitrogen and oxygen atoms in total. The van der Waals surface area contributed by atoms with Crippen LogP contribution in [-0.4, -0.2) is 65.1 Å². The van der Waals surface area contributed by atoms with Crippen molar-refractivity contribution in [2.75, 3.05) is 39.1 Å². The number of amides is 2. The van der Waals surface area contributed by atoms with Gasteiger partial charge in [0.25, 0.3) is 5.56 Å². The molecule has 1 unspecified atom stereocenters. The molecule has 0 radical (unpaired) electrons. The molecule has 0 aliphatic rings. The Kier molecular flexibility index (Phi) is 9.29. The molecular formula is C31H35N5O4. The molecule has 0 saturated heterocycles. The van der Waals surface area contributed by atoms with Crippen LogP contribution in [0.4, 0.5) is 10.5 Å². The van der Waals surface area contributed by atoms with Gasteiger partial charge >= 0.3 is 12.0 Å². The first-order chi connectivity index (χ1) is 19.3. The number of ether oxygens (including phenoxy) is 1. The molecule has 1 N–H and O–H groups in total. The number of rotatable bonds is 10. The number of carbonyl (C=O) groups excluding carboxylic acids is 2. The Bertz CT molecular complexity index is 1520. The number of nitrogens with zero attached hydrogens (tertiary/aromatic N) is 4. The van der Waals surface area contributed by atoms with E-state index in [0.717, 1.165) is 0 Å². The number of likely N-dealkylation sites (N-methyl/N-ethyl adjacent to an activating group) is 1. The van der Waals surface area contributed by atoms with Gasteiger partial charge in [0.15, 0.2) is 0 Å². The molecule has 2 amide bonds. The predicted molar refractivity (Wildman–Crippen MR) is 157 cm³/mol. The first-order valence-electron chi connectivity index (χ1n) is 13.4. The highest BCUT2D eigenvalue weighted by Crippen LogP contribution is 2.27. The maximum atomic E-state index is 13.8. The topological polar surface area (TPSA) is 96.8 Å². The zero-order valence-corrected chi connectivity index (χ0v) is 23.3. The van der Waals surface area contributed by atoms with Crippen LogP contribution in [0.3, 0.4) is 0 Å². The minimum absolute atomic E-state index is 0.187. The summed E-state index contributed by atoms with van der Waals surface area (Å²) in [5.74, 6) is 0.0734. The number of nitrogens with one attached hydrogen (secondary N) is 1. The minimum Gasteiger partial charge on any atom is -0.462 e. The fourth-order valence-corrected chi connectivity index (χ4v) is 4.55. The van der Waals surface area contributed by atoms with Gasteiger partial charge in [0.2, 0.25) is 0 Å². The summed E-state index contributed by atoms with van der Waals surface area (Å²) < 4.78 is 6.66. The summed E-state index contributed by atoms with van der Waals surface area (Å²) >= 11 is 0. The van der Waals surface area contributed by atoms with E-state index in [-0.39, 0.29) is 18.2 Å². The number of carbonyl (C=O) groups is 2. The highest BCUT2D eigenvalue weighted by atomic mass is 16.5. The number of hydrogen-bond donors (Lipinski definition) is 1. The van der Waals surface area contributed by atoms with Crippen LogP contribution in [0, 0.1) is 0 Å². The number of aromatic nitrogens is 2. The summed E-state index contributed by atoms with van der Waals surface area (Å²) in [6, 6.07) is 22.4. The summed E-state index contributed by atoms with van der Waals surface area (Å²) in [5.41, 5.74) is 2.02. The molecule has 1 atom stereocenters. The van der Waals surface area contributed by atoms with Crippen molar-refractivity contribution >= 4 is 28.6 Å². The van der Waals surface area contributed by atoms with Gasteiger partial charge < -0.3 is 19.9 Å². The molecule has 4 aromatic rings. The third kappa shape index (κ3) is 6.38. The lowest BCUT2D eigenvalue weighted by Crippen LogP contribution is -2.43. The Morgan fingerprint density at radius 3 is 2.25 bits per heavy atom. The van der Waals surface area contributed by atoms with E-state index in [0.29, 0.717) is 53.2 Å². The van der Waals surface area contributed by atoms with Gasteiger partial charge in [0, 0.05) is 18.8 Å². The first kappa shape index (κ1) is 28.5. The van der Waals surface area contributed by atoms with Crippen molar-refractivity contribution in [1.29, 1.82) is 0 Å². The molecule has 208 valence electrons. The van der Waals surface area contributed by atoms with Crippen molar-refractivity contribution in [2.24, 2.45) is 0 Å². The molecule has 4 rings (SSSR count). The van der Waals surface area contributed by atoms with Crippen molar-refractivity contribution in [3.05, 3.63) is 101 Å². The van der Waals surface area contributed by atoms with Crippen LogP contribution in [0.5, 0.6) is 0 Å². The standard InChI is InChI=1S/C31H35N5O4/c1-5-27(28-33-26-15-11-10-14-25(26)29(37)36(28)24-12-8-7-9-13-24)35(21-20-34(3)4)31(39)32-23-18-16-22(17-19-23)30(38)40-6-2/h7-19,27H,5-6,20-21H2,1-4H3,(H,32,39). The van der Waals surface area contributed by atoms with Crippen molar-refractivity contribution in [1.82, 2.24) is 19.4 Å². The maximum absolute atomic E-state index is 13.8. The van der Waals surface area contributed by atoms with Crippen molar-refractivity contribution in [3.8, 4) is 5.69 Å². The van der Waals surface area contributed by atoms with Gasteiger partial charge in [0.05, 0.1) is 34.8 Å². The van der Waals surface area contributed by atoms with Crippen molar-refractivity contribution in [2.45, 2.75) is 26.3 Å². The highest BCUT2D eigenvalue weighted by molar-refractivity contribution is 5.92. The zero-order chi connectivity index (χ0) is 28.6. The van der Waals surface area contributed by atoms with E-state index in [9.17, 15) is 14.4 Å². The number of fused-ring (bicyclic) bond motifs is 1. The third-order valence-corrected chi connectivity index (χ3v) is 6.57. The number of benzene rings is 3. The largest absolute Gasteiger partial charge is 0.462 e. The fourth-order valence-electron chi connectivity index (χ4n) is 4.55. The lowest BCUT2D eigenvalue weighted by atomic mass is 10.1. The van der Waals surface area contributed by atoms with E-state index in [2.05, 4.69) is 5.32 Å². The average molecular weight is 542 g/mol. The molecular weight excluding hydrogens is 506 g/mol. The van der Waals surface area contributed by atoms with Gasteiger partial charge in [-0.25, -0.2) is 14.6 Å². The number of para-hydroxylation sites is 2. The molecule has 3 aromatic carbocycles. The summed E-state index contributed by atoms with van der Waals surface area (Å²) in [5, 5.41) is 3.47. The number of anilines is 1. The fraction of sp³-hybridized carbons (Fsp3) is 0.290. The summed E-state index contributed by atoms with van der Waals surface area (Å²) in [6.45, 7) is 5.02. The Hall–Kier alpha value is -4.50. The Balaban J connectivity index is 1.76. The molecule has 1 aromatic heterocycles. The second-order valence-corrected chi connectivity index (χ2v) is 9.61. The van der Waals surface area contributed by atoms with E-state index in [1.807, 2.05) is 74.4 Å². The van der Waals surface area contributed by atoms with E-state index in [1.165, 1.54) is 0 Å². The second-order valence-electron chi connectivity index (χ2n) is 9.61. The van der Waals surface area contributed by atoms with E-state index in [4.69, 9.17) is 9.72 Å². The van der Waals surface area contributed by atoms with E-state index < -0.39 is 12.0 Å². The summed E-state index contributed by atoms with van der Waals surface area (Å²) in [6.07, 6.45) is 0.528. The Morgan fingerprint density at radius 1 is 0.925 bits per heavy atom. The van der Waals surface area contributed by atoms with Crippen LogP contribution in [0.25, 0.3) is 16.6 Å². The second kappa shape index (κ2) is 13.0. The molecule has 0 fully saturated rings. The van der Waals surface area contributed by atoms with Gasteiger partial charge in [0.1, 0.15) is 5.82 Å². The average Bonchev–Trinajstić information content (AvgIpc) is 2.96. The van der Waals surface area contributed by atoms with Gasteiger partial charge in [-0.1, -0.05) is 37.3 Å². The number of esters is 1. The van der Waals surface area contributed by atoms with Crippen LogP contribution in [0.2, 0.25) is 0 Å². The molecule has 0 aliphatic heterocycles. The van der Waals surface area contributed by atoms with E-state index >= 15 is 0 Å². The van der Waals surface area contributed by atoms with Crippen LogP contribution in [-0.2, 0) is 4.74 Å². The SMILES string of the molecule is CCOC(=O)c1ccc(NC(=O)N(CCN(C)C)C(CC)c2nc3ccccc3c(=O)n2-c2ccccc2)cc1. The molecule has 1 heterocycles. The van der Waals surface area contributed by atoms with Gasteiger partial charge in [-0.3, -0.25) is 9.36 Å². The maximum Gasteiger partial charge on any atom is 0.338 e. The summed E-state index contributed by atoms with van der Waals surface area (Å²) in [4.78, 5) is 48.3.